The molecule has 0 amide bonds. The second-order valence-electron chi connectivity index (χ2n) is 6.61. The lowest BCUT2D eigenvalue weighted by Gasteiger charge is -2.44. The highest BCUT2D eigenvalue weighted by Gasteiger charge is 2.41. The minimum atomic E-state index is 0.287. The number of benzene rings is 3. The number of rotatable bonds is 1. The fourth-order valence-electron chi connectivity index (χ4n) is 4.24. The monoisotopic (exact) mass is 313 g/mol. The van der Waals surface area contributed by atoms with Crippen molar-refractivity contribution in [2.45, 2.75) is 12.0 Å². The molecule has 24 heavy (non-hydrogen) atoms. The zero-order valence-corrected chi connectivity index (χ0v) is 13.4. The predicted octanol–water partition coefficient (Wildman–Crippen LogP) is 4.99. The first-order valence-electron chi connectivity index (χ1n) is 8.54. The van der Waals surface area contributed by atoms with Crippen molar-refractivity contribution in [3.05, 3.63) is 95.6 Å². The van der Waals surface area contributed by atoms with Crippen molar-refractivity contribution in [3.8, 4) is 5.75 Å². The van der Waals surface area contributed by atoms with Gasteiger partial charge < -0.3 is 10.1 Å². The fourth-order valence-corrected chi connectivity index (χ4v) is 4.24. The zero-order chi connectivity index (χ0) is 15.9. The molecular weight excluding hydrogens is 294 g/mol. The molecule has 2 nitrogen and oxygen atoms in total. The van der Waals surface area contributed by atoms with Crippen molar-refractivity contribution >= 4 is 5.69 Å². The van der Waals surface area contributed by atoms with Gasteiger partial charge in [0.1, 0.15) is 5.75 Å². The van der Waals surface area contributed by atoms with E-state index >= 15 is 0 Å². The van der Waals surface area contributed by atoms with Gasteiger partial charge in [-0.15, -0.1) is 0 Å². The van der Waals surface area contributed by atoms with Gasteiger partial charge in [-0.05, 0) is 23.3 Å². The Kier molecular flexibility index (Phi) is 3.08. The molecule has 0 saturated carbocycles. The normalized spacial score (nSPS) is 23.9. The maximum atomic E-state index is 6.12. The second kappa shape index (κ2) is 5.41. The lowest BCUT2D eigenvalue weighted by Crippen LogP contribution is -2.38. The van der Waals surface area contributed by atoms with E-state index in [2.05, 4.69) is 78.1 Å². The van der Waals surface area contributed by atoms with E-state index in [9.17, 15) is 0 Å². The second-order valence-corrected chi connectivity index (χ2v) is 6.61. The largest absolute Gasteiger partial charge is 0.493 e. The molecule has 0 bridgehead atoms. The molecule has 118 valence electrons. The number of hydrogen-bond donors (Lipinski definition) is 1. The van der Waals surface area contributed by atoms with Crippen LogP contribution in [0, 0.1) is 5.92 Å². The van der Waals surface area contributed by atoms with Crippen LogP contribution in [0.2, 0.25) is 0 Å². The van der Waals surface area contributed by atoms with Gasteiger partial charge in [0, 0.05) is 23.1 Å². The number of para-hydroxylation sites is 2. The fraction of sp³-hybridized carbons (Fsp3) is 0.182. The van der Waals surface area contributed by atoms with Crippen LogP contribution in [0.5, 0.6) is 5.75 Å². The molecule has 2 aliphatic heterocycles. The Morgan fingerprint density at radius 3 is 2.33 bits per heavy atom. The summed E-state index contributed by atoms with van der Waals surface area (Å²) in [6, 6.07) is 28.2. The maximum Gasteiger partial charge on any atom is 0.124 e. The van der Waals surface area contributed by atoms with E-state index in [1.807, 2.05) is 6.07 Å². The molecule has 2 heteroatoms. The van der Waals surface area contributed by atoms with Crippen molar-refractivity contribution in [1.29, 1.82) is 0 Å². The van der Waals surface area contributed by atoms with Crippen molar-refractivity contribution in [2.24, 2.45) is 5.92 Å². The summed E-state index contributed by atoms with van der Waals surface area (Å²) in [4.78, 5) is 0. The summed E-state index contributed by atoms with van der Waals surface area (Å²) in [6.45, 7) is 0.739. The van der Waals surface area contributed by atoms with E-state index < -0.39 is 0 Å². The quantitative estimate of drug-likeness (QED) is 0.683. The van der Waals surface area contributed by atoms with E-state index in [4.69, 9.17) is 4.74 Å². The van der Waals surface area contributed by atoms with E-state index in [0.29, 0.717) is 11.8 Å². The van der Waals surface area contributed by atoms with Crippen LogP contribution < -0.4 is 10.1 Å². The molecule has 0 aliphatic carbocycles. The molecule has 2 heterocycles. The first kappa shape index (κ1) is 13.7. The number of fused-ring (bicyclic) bond motifs is 4. The summed E-state index contributed by atoms with van der Waals surface area (Å²) in [7, 11) is 0. The van der Waals surface area contributed by atoms with Crippen LogP contribution in [0.15, 0.2) is 78.9 Å². The highest BCUT2D eigenvalue weighted by Crippen LogP contribution is 2.51. The van der Waals surface area contributed by atoms with E-state index in [1.54, 1.807) is 0 Å². The maximum absolute atomic E-state index is 6.12. The summed E-state index contributed by atoms with van der Waals surface area (Å²) < 4.78 is 6.12. The Morgan fingerprint density at radius 2 is 1.46 bits per heavy atom. The molecule has 5 rings (SSSR count). The molecule has 3 aromatic carbocycles. The Hall–Kier alpha value is -2.74. The molecule has 0 saturated heterocycles. The molecule has 3 aromatic rings. The minimum absolute atomic E-state index is 0.287. The predicted molar refractivity (Wildman–Crippen MR) is 96.5 cm³/mol. The number of anilines is 1. The SMILES string of the molecule is c1ccc([C@H]2c3ccccc3N[C@H]3c4ccccc4OC[C@H]23)cc1. The summed E-state index contributed by atoms with van der Waals surface area (Å²) in [5.74, 6) is 1.75. The average molecular weight is 313 g/mol. The topological polar surface area (TPSA) is 21.3 Å². The van der Waals surface area contributed by atoms with Gasteiger partial charge in [0.25, 0.3) is 0 Å². The summed E-state index contributed by atoms with van der Waals surface area (Å²) in [5, 5.41) is 3.77. The third-order valence-corrected chi connectivity index (χ3v) is 5.31. The molecule has 0 fully saturated rings. The Labute approximate surface area is 142 Å². The van der Waals surface area contributed by atoms with Crippen LogP contribution in [-0.2, 0) is 0 Å². The van der Waals surface area contributed by atoms with E-state index in [1.165, 1.54) is 22.4 Å². The molecular formula is C22H19NO. The minimum Gasteiger partial charge on any atom is -0.493 e. The molecule has 0 radical (unpaired) electrons. The smallest absolute Gasteiger partial charge is 0.124 e. The van der Waals surface area contributed by atoms with Gasteiger partial charge in [-0.25, -0.2) is 0 Å². The third kappa shape index (κ3) is 2.03. The number of hydrogen-bond acceptors (Lipinski definition) is 2. The van der Waals surface area contributed by atoms with Crippen molar-refractivity contribution < 1.29 is 4.74 Å². The van der Waals surface area contributed by atoms with Crippen LogP contribution in [-0.4, -0.2) is 6.61 Å². The molecule has 2 aliphatic rings. The third-order valence-electron chi connectivity index (χ3n) is 5.31. The highest BCUT2D eigenvalue weighted by molar-refractivity contribution is 5.61. The van der Waals surface area contributed by atoms with E-state index in [0.717, 1.165) is 12.4 Å². The van der Waals surface area contributed by atoms with Gasteiger partial charge in [0.2, 0.25) is 0 Å². The van der Waals surface area contributed by atoms with Gasteiger partial charge in [-0.2, -0.15) is 0 Å². The lowest BCUT2D eigenvalue weighted by molar-refractivity contribution is 0.183. The average Bonchev–Trinajstić information content (AvgIpc) is 2.67. The van der Waals surface area contributed by atoms with Gasteiger partial charge in [0.15, 0.2) is 0 Å². The lowest BCUT2D eigenvalue weighted by atomic mass is 9.71. The van der Waals surface area contributed by atoms with Gasteiger partial charge in [0.05, 0.1) is 12.6 Å². The van der Waals surface area contributed by atoms with Gasteiger partial charge >= 0.3 is 0 Å². The van der Waals surface area contributed by atoms with Crippen LogP contribution >= 0.6 is 0 Å². The summed E-state index contributed by atoms with van der Waals surface area (Å²) in [6.07, 6.45) is 0. The highest BCUT2D eigenvalue weighted by atomic mass is 16.5. The van der Waals surface area contributed by atoms with Crippen LogP contribution in [0.1, 0.15) is 28.7 Å². The first-order chi connectivity index (χ1) is 11.9. The van der Waals surface area contributed by atoms with Gasteiger partial charge in [-0.1, -0.05) is 66.7 Å². The van der Waals surface area contributed by atoms with Crippen LogP contribution in [0.25, 0.3) is 0 Å². The Balaban J connectivity index is 1.69. The van der Waals surface area contributed by atoms with Crippen molar-refractivity contribution in [3.63, 3.8) is 0 Å². The molecule has 1 N–H and O–H groups in total. The number of nitrogens with one attached hydrogen (secondary N) is 1. The molecule has 0 spiro atoms. The summed E-state index contributed by atoms with van der Waals surface area (Å²) in [5.41, 5.74) is 5.24. The van der Waals surface area contributed by atoms with Crippen LogP contribution in [0.3, 0.4) is 0 Å². The Morgan fingerprint density at radius 1 is 0.750 bits per heavy atom. The zero-order valence-electron chi connectivity index (χ0n) is 13.4. The first-order valence-corrected chi connectivity index (χ1v) is 8.54. The standard InChI is InChI=1S/C22H19NO/c1-2-8-15(9-3-1)21-16-10-4-6-12-19(16)23-22-17-11-5-7-13-20(17)24-14-18(21)22/h1-13,18,21-23H,14H2/t18-,21+,22+/m1/s1. The Bertz CT molecular complexity index is 874. The van der Waals surface area contributed by atoms with Gasteiger partial charge in [-0.3, -0.25) is 0 Å². The van der Waals surface area contributed by atoms with Crippen LogP contribution in [0.4, 0.5) is 5.69 Å². The molecule has 3 atom stereocenters. The van der Waals surface area contributed by atoms with Crippen molar-refractivity contribution in [1.82, 2.24) is 0 Å². The molecule has 0 unspecified atom stereocenters. The summed E-state index contributed by atoms with van der Waals surface area (Å²) >= 11 is 0. The van der Waals surface area contributed by atoms with Crippen molar-refractivity contribution in [2.75, 3.05) is 11.9 Å². The number of ether oxygens (including phenoxy) is 1. The molecule has 0 aromatic heterocycles. The van der Waals surface area contributed by atoms with E-state index in [-0.39, 0.29) is 6.04 Å².